The first-order valence-electron chi connectivity index (χ1n) is 6.97. The Morgan fingerprint density at radius 1 is 1.43 bits per heavy atom. The number of sulfone groups is 1. The molecule has 1 aromatic carbocycles. The van der Waals surface area contributed by atoms with E-state index in [0.29, 0.717) is 17.7 Å². The van der Waals surface area contributed by atoms with Gasteiger partial charge in [-0.15, -0.1) is 0 Å². The minimum Gasteiger partial charge on any atom is -0.351 e. The van der Waals surface area contributed by atoms with Crippen molar-refractivity contribution < 1.29 is 17.6 Å². The molecule has 0 aliphatic carbocycles. The molecule has 8 heteroatoms. The van der Waals surface area contributed by atoms with E-state index in [1.54, 1.807) is 35.4 Å². The Morgan fingerprint density at radius 2 is 2.17 bits per heavy atom. The van der Waals surface area contributed by atoms with Crippen molar-refractivity contribution >= 4 is 15.7 Å². The minimum atomic E-state index is -3.44. The average molecular weight is 339 g/mol. The van der Waals surface area contributed by atoms with Gasteiger partial charge in [0, 0.05) is 30.8 Å². The molecule has 2 rings (SSSR count). The van der Waals surface area contributed by atoms with Crippen LogP contribution in [0.3, 0.4) is 0 Å². The molecule has 0 bridgehead atoms. The third-order valence-corrected chi connectivity index (χ3v) is 5.00. The van der Waals surface area contributed by atoms with E-state index in [1.807, 2.05) is 0 Å². The number of carbonyl (C=O) groups excluding carboxylic acids is 1. The average Bonchev–Trinajstić information content (AvgIpc) is 2.99. The molecule has 0 unspecified atom stereocenters. The first kappa shape index (κ1) is 17.1. The summed E-state index contributed by atoms with van der Waals surface area (Å²) in [6.07, 6.45) is 5.93. The van der Waals surface area contributed by atoms with E-state index in [4.69, 9.17) is 0 Å². The molecule has 23 heavy (non-hydrogen) atoms. The summed E-state index contributed by atoms with van der Waals surface area (Å²) in [6, 6.07) is 4.52. The van der Waals surface area contributed by atoms with Gasteiger partial charge in [-0.05, 0) is 24.6 Å². The minimum absolute atomic E-state index is 0.135. The Morgan fingerprint density at radius 3 is 2.78 bits per heavy atom. The first-order valence-corrected chi connectivity index (χ1v) is 8.92. The third-order valence-electron chi connectivity index (χ3n) is 3.50. The summed E-state index contributed by atoms with van der Waals surface area (Å²) in [7, 11) is -3.44. The van der Waals surface area contributed by atoms with Gasteiger partial charge in [-0.3, -0.25) is 4.79 Å². The zero-order valence-electron chi connectivity index (χ0n) is 12.9. The Kier molecular flexibility index (Phi) is 5.15. The highest BCUT2D eigenvalue weighted by atomic mass is 32.2. The summed E-state index contributed by atoms with van der Waals surface area (Å²) in [6.45, 7) is 1.79. The molecule has 0 spiro atoms. The number of nitrogens with zero attached hydrogens (tertiary/aromatic N) is 2. The molecule has 1 atom stereocenters. The monoisotopic (exact) mass is 339 g/mol. The van der Waals surface area contributed by atoms with Crippen molar-refractivity contribution in [3.63, 3.8) is 0 Å². The number of rotatable bonds is 6. The number of halogens is 1. The fourth-order valence-electron chi connectivity index (χ4n) is 1.96. The van der Waals surface area contributed by atoms with Crippen LogP contribution in [0.25, 0.3) is 0 Å². The van der Waals surface area contributed by atoms with Crippen LogP contribution in [0, 0.1) is 5.82 Å². The van der Waals surface area contributed by atoms with Crippen LogP contribution in [0.5, 0.6) is 0 Å². The smallest absolute Gasteiger partial charge is 0.238 e. The molecule has 1 N–H and O–H groups in total. The van der Waals surface area contributed by atoms with Crippen molar-refractivity contribution in [1.29, 1.82) is 0 Å². The van der Waals surface area contributed by atoms with Crippen molar-refractivity contribution in [3.05, 3.63) is 53.9 Å². The van der Waals surface area contributed by atoms with Gasteiger partial charge in [0.1, 0.15) is 11.1 Å². The van der Waals surface area contributed by atoms with Crippen LogP contribution in [0.2, 0.25) is 0 Å². The number of hydrogen-bond donors (Lipinski definition) is 1. The van der Waals surface area contributed by atoms with Gasteiger partial charge in [-0.1, -0.05) is 6.07 Å². The topological polar surface area (TPSA) is 81.1 Å². The molecular weight excluding hydrogens is 321 g/mol. The standard InChI is InChI=1S/C15H18FN3O3S/c1-11(23(2,21)22)15(20)18-8-12-3-4-14(16)13(7-12)9-19-6-5-17-10-19/h3-7,10-11H,8-9H2,1-2H3,(H,18,20)/t11-/m0/s1. The Bertz CT molecular complexity index is 788. The van der Waals surface area contributed by atoms with Crippen molar-refractivity contribution in [2.24, 2.45) is 0 Å². The second kappa shape index (κ2) is 6.91. The Hall–Kier alpha value is -2.22. The van der Waals surface area contributed by atoms with Gasteiger partial charge in [-0.25, -0.2) is 17.8 Å². The SMILES string of the molecule is C[C@@H](C(=O)NCc1ccc(F)c(Cn2ccnc2)c1)S(C)(=O)=O. The summed E-state index contributed by atoms with van der Waals surface area (Å²) in [5.41, 5.74) is 1.15. The lowest BCUT2D eigenvalue weighted by atomic mass is 10.1. The maximum atomic E-state index is 13.8. The molecule has 1 aromatic heterocycles. The number of imidazole rings is 1. The molecule has 0 fully saturated rings. The fourth-order valence-corrected chi connectivity index (χ4v) is 2.44. The lowest BCUT2D eigenvalue weighted by molar-refractivity contribution is -0.120. The first-order chi connectivity index (χ1) is 10.8. The quantitative estimate of drug-likeness (QED) is 0.855. The lowest BCUT2D eigenvalue weighted by Gasteiger charge is -2.12. The summed E-state index contributed by atoms with van der Waals surface area (Å²) >= 11 is 0. The summed E-state index contributed by atoms with van der Waals surface area (Å²) < 4.78 is 38.3. The molecule has 2 aromatic rings. The van der Waals surface area contributed by atoms with Crippen LogP contribution in [-0.4, -0.2) is 35.4 Å². The molecular formula is C15H18FN3O3S. The van der Waals surface area contributed by atoms with E-state index in [9.17, 15) is 17.6 Å². The van der Waals surface area contributed by atoms with Gasteiger partial charge in [-0.2, -0.15) is 0 Å². The maximum absolute atomic E-state index is 13.8. The van der Waals surface area contributed by atoms with Gasteiger partial charge in [0.2, 0.25) is 5.91 Å². The number of carbonyl (C=O) groups is 1. The van der Waals surface area contributed by atoms with E-state index in [1.165, 1.54) is 13.0 Å². The molecule has 0 saturated heterocycles. The predicted octanol–water partition coefficient (Wildman–Crippen LogP) is 1.12. The molecule has 124 valence electrons. The van der Waals surface area contributed by atoms with Crippen LogP contribution < -0.4 is 5.32 Å². The zero-order valence-corrected chi connectivity index (χ0v) is 13.7. The van der Waals surface area contributed by atoms with Crippen LogP contribution in [0.4, 0.5) is 4.39 Å². The van der Waals surface area contributed by atoms with E-state index >= 15 is 0 Å². The van der Waals surface area contributed by atoms with Gasteiger partial charge >= 0.3 is 0 Å². The molecule has 0 radical (unpaired) electrons. The molecule has 0 aliphatic heterocycles. The molecule has 1 amide bonds. The summed E-state index contributed by atoms with van der Waals surface area (Å²) in [5, 5.41) is 1.43. The van der Waals surface area contributed by atoms with Crippen molar-refractivity contribution in [2.45, 2.75) is 25.3 Å². The number of amides is 1. The van der Waals surface area contributed by atoms with Crippen LogP contribution in [0.15, 0.2) is 36.9 Å². The molecule has 1 heterocycles. The third kappa shape index (κ3) is 4.62. The van der Waals surface area contributed by atoms with Crippen molar-refractivity contribution in [3.8, 4) is 0 Å². The highest BCUT2D eigenvalue weighted by Gasteiger charge is 2.23. The van der Waals surface area contributed by atoms with Crippen LogP contribution in [0.1, 0.15) is 18.1 Å². The largest absolute Gasteiger partial charge is 0.351 e. The predicted molar refractivity (Wildman–Crippen MR) is 83.9 cm³/mol. The molecule has 0 aliphatic rings. The number of hydrogen-bond acceptors (Lipinski definition) is 4. The number of benzene rings is 1. The highest BCUT2D eigenvalue weighted by molar-refractivity contribution is 7.92. The second-order valence-electron chi connectivity index (χ2n) is 5.35. The number of aromatic nitrogens is 2. The summed E-state index contributed by atoms with van der Waals surface area (Å²) in [5.74, 6) is -0.925. The van der Waals surface area contributed by atoms with E-state index < -0.39 is 21.0 Å². The lowest BCUT2D eigenvalue weighted by Crippen LogP contribution is -2.37. The van der Waals surface area contributed by atoms with Crippen LogP contribution in [-0.2, 0) is 27.7 Å². The van der Waals surface area contributed by atoms with Gasteiger partial charge < -0.3 is 9.88 Å². The van der Waals surface area contributed by atoms with Gasteiger partial charge in [0.05, 0.1) is 12.9 Å². The van der Waals surface area contributed by atoms with Crippen molar-refractivity contribution in [1.82, 2.24) is 14.9 Å². The van der Waals surface area contributed by atoms with E-state index in [-0.39, 0.29) is 12.4 Å². The summed E-state index contributed by atoms with van der Waals surface area (Å²) in [4.78, 5) is 15.7. The number of nitrogens with one attached hydrogen (secondary N) is 1. The molecule has 0 saturated carbocycles. The normalized spacial score (nSPS) is 12.8. The second-order valence-corrected chi connectivity index (χ2v) is 7.72. The van der Waals surface area contributed by atoms with E-state index in [2.05, 4.69) is 10.3 Å². The van der Waals surface area contributed by atoms with Crippen LogP contribution >= 0.6 is 0 Å². The Labute approximate surface area is 134 Å². The highest BCUT2D eigenvalue weighted by Crippen LogP contribution is 2.12. The molecule has 6 nitrogen and oxygen atoms in total. The fraction of sp³-hybridized carbons (Fsp3) is 0.333. The maximum Gasteiger partial charge on any atom is 0.238 e. The zero-order chi connectivity index (χ0) is 17.0. The van der Waals surface area contributed by atoms with E-state index in [0.717, 1.165) is 6.26 Å². The Balaban J connectivity index is 2.05. The van der Waals surface area contributed by atoms with Gasteiger partial charge in [0.25, 0.3) is 0 Å². The van der Waals surface area contributed by atoms with Gasteiger partial charge in [0.15, 0.2) is 9.84 Å². The van der Waals surface area contributed by atoms with Crippen molar-refractivity contribution in [2.75, 3.05) is 6.26 Å².